The topological polar surface area (TPSA) is 164 Å². The molecule has 43 heavy (non-hydrogen) atoms. The van der Waals surface area contributed by atoms with Crippen LogP contribution in [0.25, 0.3) is 16.9 Å². The van der Waals surface area contributed by atoms with Gasteiger partial charge in [0, 0.05) is 68.2 Å². The number of anilines is 3. The summed E-state index contributed by atoms with van der Waals surface area (Å²) in [6.07, 6.45) is 5.09. The minimum absolute atomic E-state index is 0.135. The first-order valence-corrected chi connectivity index (χ1v) is 13.8. The van der Waals surface area contributed by atoms with E-state index in [1.165, 1.54) is 0 Å². The highest BCUT2D eigenvalue weighted by Crippen LogP contribution is 2.38. The van der Waals surface area contributed by atoms with Gasteiger partial charge in [-0.1, -0.05) is 18.1 Å². The van der Waals surface area contributed by atoms with E-state index in [2.05, 4.69) is 57.2 Å². The van der Waals surface area contributed by atoms with Crippen molar-refractivity contribution in [2.24, 2.45) is 11.8 Å². The first-order valence-electron chi connectivity index (χ1n) is 13.8. The molecule has 7 rings (SSSR count). The molecule has 0 saturated carbocycles. The average molecular weight is 574 g/mol. The first-order chi connectivity index (χ1) is 21.0. The fourth-order valence-electron chi connectivity index (χ4n) is 5.71. The van der Waals surface area contributed by atoms with Crippen molar-refractivity contribution in [3.8, 4) is 28.8 Å². The van der Waals surface area contributed by atoms with Crippen molar-refractivity contribution in [2.75, 3.05) is 48.3 Å². The molecule has 2 aliphatic heterocycles. The number of para-hydroxylation sites is 1. The predicted molar refractivity (Wildman–Crippen MR) is 159 cm³/mol. The molecule has 13 nitrogen and oxygen atoms in total. The monoisotopic (exact) mass is 573 g/mol. The highest BCUT2D eigenvalue weighted by atomic mass is 16.3. The van der Waals surface area contributed by atoms with Gasteiger partial charge in [-0.15, -0.1) is 10.2 Å². The molecule has 1 aromatic carbocycles. The number of carbonyl (C=O) groups excluding carboxylic acids is 1. The normalized spacial score (nSPS) is 17.5. The van der Waals surface area contributed by atoms with Gasteiger partial charge in [0.25, 0.3) is 5.91 Å². The zero-order valence-corrected chi connectivity index (χ0v) is 23.0. The van der Waals surface area contributed by atoms with E-state index in [1.807, 2.05) is 24.3 Å². The van der Waals surface area contributed by atoms with Gasteiger partial charge in [-0.2, -0.15) is 5.10 Å². The molecule has 4 aromatic heterocycles. The molecule has 6 heterocycles. The number of aromatic hydroxyl groups is 1. The third-order valence-corrected chi connectivity index (χ3v) is 7.78. The smallest absolute Gasteiger partial charge is 0.272 e. The number of nitrogens with zero attached hydrogens (tertiary/aromatic N) is 9. The number of phenolic OH excluding ortho intramolecular Hbond substituents is 1. The summed E-state index contributed by atoms with van der Waals surface area (Å²) in [6.45, 7) is 3.49. The number of phenols is 1. The molecule has 0 aliphatic carbocycles. The number of rotatable bonds is 5. The zero-order chi connectivity index (χ0) is 29.3. The number of carbonyl (C=O) groups is 1. The Hall–Kier alpha value is -5.77. The lowest BCUT2D eigenvalue weighted by molar-refractivity contribution is 0.0953. The molecule has 4 N–H and O–H groups in total. The average Bonchev–Trinajstić information content (AvgIpc) is 3.74. The Balaban J connectivity index is 0.969. The van der Waals surface area contributed by atoms with Gasteiger partial charge in [0.05, 0.1) is 17.9 Å². The lowest BCUT2D eigenvalue weighted by atomic mass is 10.0. The third-order valence-electron chi connectivity index (χ3n) is 7.78. The highest BCUT2D eigenvalue weighted by molar-refractivity contribution is 5.93. The number of amides is 1. The van der Waals surface area contributed by atoms with E-state index in [9.17, 15) is 9.90 Å². The number of benzene rings is 1. The molecule has 13 heteroatoms. The molecule has 0 radical (unpaired) electrons. The Bertz CT molecular complexity index is 1850. The summed E-state index contributed by atoms with van der Waals surface area (Å²) in [4.78, 5) is 30.1. The Kier molecular flexibility index (Phi) is 6.63. The summed E-state index contributed by atoms with van der Waals surface area (Å²) in [7, 11) is 0. The summed E-state index contributed by atoms with van der Waals surface area (Å²) in [6, 6.07) is 14.2. The van der Waals surface area contributed by atoms with Gasteiger partial charge in [-0.25, -0.2) is 19.5 Å². The molecule has 214 valence electrons. The number of nitrogens with two attached hydrogens (primary N) is 1. The summed E-state index contributed by atoms with van der Waals surface area (Å²) in [5, 5.41) is 25.6. The molecule has 5 aromatic rings. The molecular formula is C30H27N11O2. The van der Waals surface area contributed by atoms with Crippen LogP contribution in [0.15, 0.2) is 67.1 Å². The second-order valence-electron chi connectivity index (χ2n) is 10.5. The lowest BCUT2D eigenvalue weighted by Crippen LogP contribution is -2.30. The highest BCUT2D eigenvalue weighted by Gasteiger charge is 2.41. The first kappa shape index (κ1) is 26.1. The molecule has 2 atom stereocenters. The number of fused-ring (bicyclic) bond motifs is 2. The van der Waals surface area contributed by atoms with Crippen LogP contribution in [0.3, 0.4) is 0 Å². The van der Waals surface area contributed by atoms with Gasteiger partial charge in [0.2, 0.25) is 5.82 Å². The molecule has 2 aliphatic rings. The van der Waals surface area contributed by atoms with Crippen molar-refractivity contribution in [1.82, 2.24) is 40.1 Å². The van der Waals surface area contributed by atoms with Gasteiger partial charge in [-0.05, 0) is 36.3 Å². The molecule has 1 amide bonds. The second kappa shape index (κ2) is 10.9. The van der Waals surface area contributed by atoms with Crippen molar-refractivity contribution >= 4 is 28.9 Å². The lowest BCUT2D eigenvalue weighted by Gasteiger charge is -2.24. The van der Waals surface area contributed by atoms with Crippen molar-refractivity contribution in [3.05, 3.63) is 78.6 Å². The van der Waals surface area contributed by atoms with Gasteiger partial charge in [-0.3, -0.25) is 4.79 Å². The quantitative estimate of drug-likeness (QED) is 0.262. The molecule has 0 bridgehead atoms. The van der Waals surface area contributed by atoms with E-state index in [-0.39, 0.29) is 23.9 Å². The molecule has 2 saturated heterocycles. The van der Waals surface area contributed by atoms with Crippen molar-refractivity contribution in [1.29, 1.82) is 0 Å². The van der Waals surface area contributed by atoms with E-state index >= 15 is 0 Å². The standard InChI is InChI=1S/C30H27N11O2/c31-29-24(13-22(36-37-29)21-5-1-2-6-25(21)42)39-15-19-17-40(18-20(19)16-39)27-8-11-32-26(35-27)7-3-9-34-30(43)23-14-28-33-10-4-12-41(28)38-23/h1-2,4-6,8,10-14,19-20,42H,9,15-18H2,(H2,31,37)(H,34,43)/t19-,20+. The van der Waals surface area contributed by atoms with E-state index in [1.54, 1.807) is 47.4 Å². The molecule has 0 spiro atoms. The summed E-state index contributed by atoms with van der Waals surface area (Å²) in [5.74, 6) is 8.15. The Labute approximate surface area is 246 Å². The summed E-state index contributed by atoms with van der Waals surface area (Å²) in [5.41, 5.74) is 9.15. The fourth-order valence-corrected chi connectivity index (χ4v) is 5.71. The zero-order valence-electron chi connectivity index (χ0n) is 23.0. The largest absolute Gasteiger partial charge is 0.507 e. The maximum atomic E-state index is 12.4. The SMILES string of the molecule is Nc1nnc(-c2ccccc2O)cc1N1C[C@H]2CN(c3ccnc(C#CCNC(=O)c4cc5ncccn5n4)n3)C[C@H]2C1. The van der Waals surface area contributed by atoms with E-state index in [0.717, 1.165) is 37.7 Å². The van der Waals surface area contributed by atoms with Gasteiger partial charge in [0.1, 0.15) is 11.6 Å². The van der Waals surface area contributed by atoms with Gasteiger partial charge in [0.15, 0.2) is 17.2 Å². The number of hydrogen-bond donors (Lipinski definition) is 3. The van der Waals surface area contributed by atoms with Crippen LogP contribution in [0, 0.1) is 23.7 Å². The molecule has 0 unspecified atom stereocenters. The van der Waals surface area contributed by atoms with Crippen LogP contribution in [0.2, 0.25) is 0 Å². The van der Waals surface area contributed by atoms with Crippen molar-refractivity contribution in [3.63, 3.8) is 0 Å². The minimum Gasteiger partial charge on any atom is -0.507 e. The van der Waals surface area contributed by atoms with Crippen molar-refractivity contribution in [2.45, 2.75) is 0 Å². The Morgan fingerprint density at radius 2 is 1.81 bits per heavy atom. The van der Waals surface area contributed by atoms with Gasteiger partial charge >= 0.3 is 0 Å². The predicted octanol–water partition coefficient (Wildman–Crippen LogP) is 1.62. The van der Waals surface area contributed by atoms with Gasteiger partial charge < -0.3 is 26.0 Å². The summed E-state index contributed by atoms with van der Waals surface area (Å²) >= 11 is 0. The number of hydrogen-bond acceptors (Lipinski definition) is 11. The maximum absolute atomic E-state index is 12.4. The van der Waals surface area contributed by atoms with Crippen LogP contribution < -0.4 is 20.9 Å². The van der Waals surface area contributed by atoms with Crippen LogP contribution in [0.4, 0.5) is 17.3 Å². The van der Waals surface area contributed by atoms with Crippen LogP contribution in [-0.4, -0.2) is 78.5 Å². The molecule has 2 fully saturated rings. The minimum atomic E-state index is -0.328. The van der Waals surface area contributed by atoms with Crippen LogP contribution in [0.5, 0.6) is 5.75 Å². The fraction of sp³-hybridized carbons (Fsp3) is 0.233. The van der Waals surface area contributed by atoms with Crippen LogP contribution >= 0.6 is 0 Å². The van der Waals surface area contributed by atoms with Crippen LogP contribution in [-0.2, 0) is 0 Å². The Morgan fingerprint density at radius 3 is 2.63 bits per heavy atom. The Morgan fingerprint density at radius 1 is 1.00 bits per heavy atom. The van der Waals surface area contributed by atoms with E-state index in [0.29, 0.717) is 40.4 Å². The second-order valence-corrected chi connectivity index (χ2v) is 10.5. The molecular weight excluding hydrogens is 546 g/mol. The third kappa shape index (κ3) is 5.21. The summed E-state index contributed by atoms with van der Waals surface area (Å²) < 4.78 is 1.55. The number of nitrogens with one attached hydrogen (secondary N) is 1. The maximum Gasteiger partial charge on any atom is 0.272 e. The van der Waals surface area contributed by atoms with E-state index < -0.39 is 0 Å². The number of nitrogen functional groups attached to an aromatic ring is 1. The van der Waals surface area contributed by atoms with Crippen LogP contribution in [0.1, 0.15) is 16.3 Å². The van der Waals surface area contributed by atoms with E-state index in [4.69, 9.17) is 5.73 Å². The number of aromatic nitrogens is 7. The van der Waals surface area contributed by atoms with Crippen molar-refractivity contribution < 1.29 is 9.90 Å².